The summed E-state index contributed by atoms with van der Waals surface area (Å²) in [6.45, 7) is 0. The molecule has 6 heteroatoms. The smallest absolute Gasteiger partial charge is 0.141 e. The molecule has 0 heterocycles. The van der Waals surface area contributed by atoms with Crippen molar-refractivity contribution in [2.45, 2.75) is 10.6 Å². The quantitative estimate of drug-likeness (QED) is 0.661. The Labute approximate surface area is 117 Å². The summed E-state index contributed by atoms with van der Waals surface area (Å²) in [5, 5.41) is 0.226. The van der Waals surface area contributed by atoms with Gasteiger partial charge in [-0.25, -0.2) is 13.2 Å². The average Bonchev–Trinajstić information content (AvgIpc) is 2.31. The number of hydrogen-bond donors (Lipinski definition) is 1. The zero-order chi connectivity index (χ0) is 14.0. The Morgan fingerprint density at radius 2 is 1.68 bits per heavy atom. The number of halogens is 4. The van der Waals surface area contributed by atoms with Gasteiger partial charge in [-0.05, 0) is 24.3 Å². The minimum Gasteiger partial charge on any atom is -0.399 e. The highest BCUT2D eigenvalue weighted by Gasteiger charge is 2.13. The molecule has 2 aromatic carbocycles. The van der Waals surface area contributed by atoms with Crippen LogP contribution in [0.5, 0.6) is 0 Å². The summed E-state index contributed by atoms with van der Waals surface area (Å²) < 4.78 is 40.6. The summed E-state index contributed by atoms with van der Waals surface area (Å²) >= 11 is 6.67. The summed E-state index contributed by atoms with van der Waals surface area (Å²) in [7, 11) is 0. The minimum atomic E-state index is -0.769. The second-order valence-corrected chi connectivity index (χ2v) is 5.20. The highest BCUT2D eigenvalue weighted by atomic mass is 35.5. The van der Waals surface area contributed by atoms with Gasteiger partial charge in [-0.2, -0.15) is 0 Å². The zero-order valence-electron chi connectivity index (χ0n) is 9.59. The number of nitrogen functional groups attached to an aromatic ring is 1. The van der Waals surface area contributed by atoms with Crippen molar-refractivity contribution < 1.29 is 13.2 Å². The van der Waals surface area contributed by atoms with Crippen LogP contribution in [0.1, 0.15) is 5.56 Å². The monoisotopic (exact) mass is 303 g/mol. The van der Waals surface area contributed by atoms with E-state index in [1.165, 1.54) is 18.2 Å². The van der Waals surface area contributed by atoms with Crippen molar-refractivity contribution in [1.82, 2.24) is 0 Å². The number of anilines is 1. The third-order valence-electron chi connectivity index (χ3n) is 2.44. The molecule has 0 saturated heterocycles. The van der Waals surface area contributed by atoms with E-state index in [1.54, 1.807) is 0 Å². The maximum absolute atomic E-state index is 13.5. The predicted molar refractivity (Wildman–Crippen MR) is 71.7 cm³/mol. The van der Waals surface area contributed by atoms with E-state index < -0.39 is 17.5 Å². The van der Waals surface area contributed by atoms with Crippen LogP contribution in [0.3, 0.4) is 0 Å². The van der Waals surface area contributed by atoms with Crippen molar-refractivity contribution in [3.05, 3.63) is 58.4 Å². The molecule has 0 radical (unpaired) electrons. The van der Waals surface area contributed by atoms with Gasteiger partial charge in [0.25, 0.3) is 0 Å². The van der Waals surface area contributed by atoms with Gasteiger partial charge < -0.3 is 5.73 Å². The lowest BCUT2D eigenvalue weighted by atomic mass is 10.2. The molecule has 0 aromatic heterocycles. The van der Waals surface area contributed by atoms with Gasteiger partial charge in [-0.1, -0.05) is 17.7 Å². The van der Waals surface area contributed by atoms with Crippen molar-refractivity contribution in [3.63, 3.8) is 0 Å². The maximum Gasteiger partial charge on any atom is 0.141 e. The van der Waals surface area contributed by atoms with Crippen LogP contribution in [0, 0.1) is 17.5 Å². The summed E-state index contributed by atoms with van der Waals surface area (Å²) in [4.78, 5) is -0.200. The molecule has 2 N–H and O–H groups in total. The Morgan fingerprint density at radius 1 is 1.05 bits per heavy atom. The van der Waals surface area contributed by atoms with E-state index in [1.807, 2.05) is 0 Å². The fraction of sp³-hybridized carbons (Fsp3) is 0.0769. The topological polar surface area (TPSA) is 26.0 Å². The number of rotatable bonds is 3. The molecule has 100 valence electrons. The van der Waals surface area contributed by atoms with Crippen LogP contribution in [-0.2, 0) is 5.75 Å². The second kappa shape index (κ2) is 5.75. The molecule has 0 fully saturated rings. The molecular weight excluding hydrogens is 295 g/mol. The van der Waals surface area contributed by atoms with E-state index in [-0.39, 0.29) is 26.9 Å². The maximum atomic E-state index is 13.5. The van der Waals surface area contributed by atoms with Crippen molar-refractivity contribution in [2.24, 2.45) is 0 Å². The minimum absolute atomic E-state index is 0.00303. The molecule has 0 aliphatic rings. The van der Waals surface area contributed by atoms with E-state index >= 15 is 0 Å². The second-order valence-electron chi connectivity index (χ2n) is 3.80. The van der Waals surface area contributed by atoms with E-state index in [4.69, 9.17) is 17.3 Å². The molecule has 0 unspecified atom stereocenters. The molecule has 2 aromatic rings. The number of benzene rings is 2. The molecule has 1 nitrogen and oxygen atoms in total. The van der Waals surface area contributed by atoms with E-state index in [9.17, 15) is 13.2 Å². The summed E-state index contributed by atoms with van der Waals surface area (Å²) in [5.74, 6) is -2.01. The molecule has 2 rings (SSSR count). The summed E-state index contributed by atoms with van der Waals surface area (Å²) in [6.07, 6.45) is 0. The first-order chi connectivity index (χ1) is 8.99. The van der Waals surface area contributed by atoms with Crippen LogP contribution in [0.4, 0.5) is 18.9 Å². The molecule has 0 atom stereocenters. The fourth-order valence-corrected chi connectivity index (χ4v) is 2.82. The van der Waals surface area contributed by atoms with Gasteiger partial charge in [0.1, 0.15) is 17.5 Å². The fourth-order valence-electron chi connectivity index (χ4n) is 1.53. The SMILES string of the molecule is Nc1cc(F)c(SCc2c(F)cccc2Cl)c(F)c1. The van der Waals surface area contributed by atoms with Gasteiger partial charge in [0.05, 0.1) is 4.90 Å². The highest BCUT2D eigenvalue weighted by molar-refractivity contribution is 7.98. The highest BCUT2D eigenvalue weighted by Crippen LogP contribution is 2.32. The molecular formula is C13H9ClF3NS. The van der Waals surface area contributed by atoms with Gasteiger partial charge in [-0.3, -0.25) is 0 Å². The van der Waals surface area contributed by atoms with Crippen LogP contribution in [0.2, 0.25) is 5.02 Å². The first-order valence-corrected chi connectivity index (χ1v) is 6.65. The van der Waals surface area contributed by atoms with Crippen LogP contribution in [-0.4, -0.2) is 0 Å². The zero-order valence-corrected chi connectivity index (χ0v) is 11.2. The molecule has 0 bridgehead atoms. The molecule has 0 spiro atoms. The van der Waals surface area contributed by atoms with Crippen LogP contribution >= 0.6 is 23.4 Å². The van der Waals surface area contributed by atoms with Gasteiger partial charge in [0.2, 0.25) is 0 Å². The van der Waals surface area contributed by atoms with Gasteiger partial charge in [0, 0.05) is 22.0 Å². The number of hydrogen-bond acceptors (Lipinski definition) is 2. The van der Waals surface area contributed by atoms with Crippen molar-refractivity contribution in [1.29, 1.82) is 0 Å². The van der Waals surface area contributed by atoms with Crippen LogP contribution in [0.15, 0.2) is 35.2 Å². The Bertz CT molecular complexity index is 576. The standard InChI is InChI=1S/C13H9ClF3NS/c14-9-2-1-3-10(15)8(9)6-19-13-11(16)4-7(18)5-12(13)17/h1-5H,6,18H2. The predicted octanol–water partition coefficient (Wildman–Crippen LogP) is 4.63. The Hall–Kier alpha value is -1.33. The van der Waals surface area contributed by atoms with Crippen LogP contribution in [0.25, 0.3) is 0 Å². The molecule has 19 heavy (non-hydrogen) atoms. The van der Waals surface area contributed by atoms with Crippen molar-refractivity contribution in [2.75, 3.05) is 5.73 Å². The number of thioether (sulfide) groups is 1. The first-order valence-electron chi connectivity index (χ1n) is 5.29. The van der Waals surface area contributed by atoms with Crippen LogP contribution < -0.4 is 5.73 Å². The normalized spacial score (nSPS) is 10.7. The lowest BCUT2D eigenvalue weighted by Gasteiger charge is -2.08. The van der Waals surface area contributed by atoms with E-state index in [0.29, 0.717) is 0 Å². The average molecular weight is 304 g/mol. The molecule has 0 aliphatic carbocycles. The summed E-state index contributed by atoms with van der Waals surface area (Å²) in [5.41, 5.74) is 5.53. The Kier molecular flexibility index (Phi) is 4.27. The van der Waals surface area contributed by atoms with Crippen molar-refractivity contribution >= 4 is 29.1 Å². The summed E-state index contributed by atoms with van der Waals surface area (Å²) in [6, 6.07) is 6.28. The molecule has 0 aliphatic heterocycles. The van der Waals surface area contributed by atoms with E-state index in [2.05, 4.69) is 0 Å². The van der Waals surface area contributed by atoms with Crippen molar-refractivity contribution in [3.8, 4) is 0 Å². The van der Waals surface area contributed by atoms with Gasteiger partial charge >= 0.3 is 0 Å². The lowest BCUT2D eigenvalue weighted by molar-refractivity contribution is 0.541. The van der Waals surface area contributed by atoms with Gasteiger partial charge in [0.15, 0.2) is 0 Å². The Balaban J connectivity index is 2.24. The molecule has 0 saturated carbocycles. The molecule has 0 amide bonds. The largest absolute Gasteiger partial charge is 0.399 e. The third-order valence-corrected chi connectivity index (χ3v) is 3.91. The number of nitrogens with two attached hydrogens (primary N) is 1. The lowest BCUT2D eigenvalue weighted by Crippen LogP contribution is -1.95. The Morgan fingerprint density at radius 3 is 2.26 bits per heavy atom. The van der Waals surface area contributed by atoms with E-state index in [0.717, 1.165) is 23.9 Å². The van der Waals surface area contributed by atoms with Gasteiger partial charge in [-0.15, -0.1) is 11.8 Å². The third kappa shape index (κ3) is 3.16. The first kappa shape index (κ1) is 14.1.